The maximum Gasteiger partial charge on any atom is 0.306 e. The zero-order valence-corrected chi connectivity index (χ0v) is 11.2. The Labute approximate surface area is 117 Å². The van der Waals surface area contributed by atoms with Gasteiger partial charge in [0, 0.05) is 18.4 Å². The van der Waals surface area contributed by atoms with E-state index in [1.807, 2.05) is 0 Å². The predicted octanol–water partition coefficient (Wildman–Crippen LogP) is 1.48. The van der Waals surface area contributed by atoms with E-state index in [9.17, 15) is 9.59 Å². The molecule has 0 bridgehead atoms. The Hall–Kier alpha value is -2.11. The minimum atomic E-state index is -0.684. The third-order valence-electron chi connectivity index (χ3n) is 3.80. The molecule has 1 aromatic heterocycles. The number of rotatable bonds is 5. The molecule has 108 valence electrons. The van der Waals surface area contributed by atoms with Crippen molar-refractivity contribution < 1.29 is 14.7 Å². The number of carbonyl (C=O) groups excluding carboxylic acids is 1. The van der Waals surface area contributed by atoms with Gasteiger partial charge in [0.1, 0.15) is 5.69 Å². The second-order valence-electron chi connectivity index (χ2n) is 5.23. The van der Waals surface area contributed by atoms with E-state index in [0.717, 1.165) is 37.9 Å². The molecule has 0 radical (unpaired) electrons. The number of pyridine rings is 1. The Kier molecular flexibility index (Phi) is 4.55. The number of primary amides is 1. The number of carboxylic acid groups (broad SMARTS) is 1. The number of carbonyl (C=O) groups is 2. The molecule has 1 aliphatic rings. The van der Waals surface area contributed by atoms with Crippen LogP contribution in [0.2, 0.25) is 0 Å². The number of nitrogens with two attached hydrogens (primary N) is 1. The van der Waals surface area contributed by atoms with Crippen molar-refractivity contribution >= 4 is 17.6 Å². The van der Waals surface area contributed by atoms with E-state index >= 15 is 0 Å². The maximum absolute atomic E-state index is 11.0. The second kappa shape index (κ2) is 6.36. The predicted molar refractivity (Wildman–Crippen MR) is 74.3 cm³/mol. The van der Waals surface area contributed by atoms with Crippen LogP contribution in [0.3, 0.4) is 0 Å². The van der Waals surface area contributed by atoms with Crippen LogP contribution in [0.1, 0.15) is 36.2 Å². The van der Waals surface area contributed by atoms with Crippen LogP contribution in [-0.2, 0) is 4.79 Å². The number of nitrogens with zero attached hydrogens (tertiary/aromatic N) is 1. The number of nitrogens with one attached hydrogen (secondary N) is 1. The Balaban J connectivity index is 1.83. The highest BCUT2D eigenvalue weighted by Crippen LogP contribution is 2.29. The molecule has 6 heteroatoms. The third kappa shape index (κ3) is 3.69. The summed E-state index contributed by atoms with van der Waals surface area (Å²) >= 11 is 0. The molecule has 1 fully saturated rings. The van der Waals surface area contributed by atoms with Gasteiger partial charge in [-0.15, -0.1) is 0 Å². The largest absolute Gasteiger partial charge is 0.481 e. The molecular weight excluding hydrogens is 258 g/mol. The summed E-state index contributed by atoms with van der Waals surface area (Å²) in [6, 6.07) is 3.42. The van der Waals surface area contributed by atoms with Crippen molar-refractivity contribution in [1.82, 2.24) is 4.98 Å². The molecule has 1 aromatic rings. The van der Waals surface area contributed by atoms with Gasteiger partial charge in [-0.05, 0) is 43.7 Å². The normalized spacial score (nSPS) is 22.2. The highest BCUT2D eigenvalue weighted by Gasteiger charge is 2.25. The van der Waals surface area contributed by atoms with Crippen LogP contribution in [-0.4, -0.2) is 28.5 Å². The third-order valence-corrected chi connectivity index (χ3v) is 3.80. The first-order chi connectivity index (χ1) is 9.56. The molecule has 1 saturated carbocycles. The lowest BCUT2D eigenvalue weighted by atomic mass is 9.82. The Morgan fingerprint density at radius 1 is 1.35 bits per heavy atom. The molecule has 20 heavy (non-hydrogen) atoms. The summed E-state index contributed by atoms with van der Waals surface area (Å²) in [6.07, 6.45) is 4.86. The number of carboxylic acids is 1. The zero-order valence-electron chi connectivity index (χ0n) is 11.2. The molecule has 0 aliphatic heterocycles. The van der Waals surface area contributed by atoms with Gasteiger partial charge in [-0.25, -0.2) is 0 Å². The van der Waals surface area contributed by atoms with Gasteiger partial charge in [0.2, 0.25) is 0 Å². The summed E-state index contributed by atoms with van der Waals surface area (Å²) < 4.78 is 0. The molecule has 0 spiro atoms. The van der Waals surface area contributed by atoms with E-state index in [1.165, 1.54) is 0 Å². The average molecular weight is 277 g/mol. The minimum absolute atomic E-state index is 0.186. The van der Waals surface area contributed by atoms with Crippen LogP contribution in [0.25, 0.3) is 0 Å². The van der Waals surface area contributed by atoms with Crippen molar-refractivity contribution in [2.75, 3.05) is 11.9 Å². The topological polar surface area (TPSA) is 105 Å². The fraction of sp³-hybridized carbons (Fsp3) is 0.500. The average Bonchev–Trinajstić information content (AvgIpc) is 2.46. The van der Waals surface area contributed by atoms with E-state index in [0.29, 0.717) is 5.92 Å². The molecule has 1 amide bonds. The van der Waals surface area contributed by atoms with Crippen molar-refractivity contribution in [1.29, 1.82) is 0 Å². The van der Waals surface area contributed by atoms with Crippen molar-refractivity contribution in [2.24, 2.45) is 17.6 Å². The highest BCUT2D eigenvalue weighted by molar-refractivity contribution is 5.91. The molecule has 4 N–H and O–H groups in total. The van der Waals surface area contributed by atoms with Gasteiger partial charge in [0.25, 0.3) is 5.91 Å². The standard InChI is InChI=1S/C14H19N3O3/c15-13(18)12-7-11(5-6-16-12)17-8-9-1-3-10(4-2-9)14(19)20/h5-7,9-10H,1-4,8H2,(H2,15,18)(H,16,17)(H,19,20). The van der Waals surface area contributed by atoms with E-state index in [4.69, 9.17) is 10.8 Å². The summed E-state index contributed by atoms with van der Waals surface area (Å²) in [5.41, 5.74) is 6.23. The summed E-state index contributed by atoms with van der Waals surface area (Å²) in [7, 11) is 0. The lowest BCUT2D eigenvalue weighted by molar-refractivity contribution is -0.143. The van der Waals surface area contributed by atoms with Gasteiger partial charge in [-0.3, -0.25) is 14.6 Å². The van der Waals surface area contributed by atoms with Crippen molar-refractivity contribution in [3.8, 4) is 0 Å². The molecule has 2 rings (SSSR count). The first-order valence-electron chi connectivity index (χ1n) is 6.79. The molecule has 1 aliphatic carbocycles. The van der Waals surface area contributed by atoms with Gasteiger partial charge in [0.15, 0.2) is 0 Å². The van der Waals surface area contributed by atoms with Gasteiger partial charge in [-0.2, -0.15) is 0 Å². The van der Waals surface area contributed by atoms with Crippen molar-refractivity contribution in [2.45, 2.75) is 25.7 Å². The van der Waals surface area contributed by atoms with Crippen LogP contribution >= 0.6 is 0 Å². The molecule has 0 aromatic carbocycles. The SMILES string of the molecule is NC(=O)c1cc(NCC2CCC(C(=O)O)CC2)ccn1. The number of anilines is 1. The maximum atomic E-state index is 11.0. The van der Waals surface area contributed by atoms with Crippen LogP contribution in [0.5, 0.6) is 0 Å². The molecule has 0 saturated heterocycles. The first kappa shape index (κ1) is 14.3. The number of aliphatic carboxylic acids is 1. The number of hydrogen-bond donors (Lipinski definition) is 3. The lowest BCUT2D eigenvalue weighted by Crippen LogP contribution is -2.25. The quantitative estimate of drug-likeness (QED) is 0.756. The van der Waals surface area contributed by atoms with Gasteiger partial charge < -0.3 is 16.2 Å². The molecular formula is C14H19N3O3. The summed E-state index contributed by atoms with van der Waals surface area (Å²) in [4.78, 5) is 25.8. The van der Waals surface area contributed by atoms with Gasteiger partial charge >= 0.3 is 5.97 Å². The Morgan fingerprint density at radius 3 is 2.65 bits per heavy atom. The first-order valence-corrected chi connectivity index (χ1v) is 6.79. The monoisotopic (exact) mass is 277 g/mol. The summed E-state index contributed by atoms with van der Waals surface area (Å²) in [6.45, 7) is 0.772. The second-order valence-corrected chi connectivity index (χ2v) is 5.23. The number of amides is 1. The fourth-order valence-corrected chi connectivity index (χ4v) is 2.55. The van der Waals surface area contributed by atoms with E-state index < -0.39 is 11.9 Å². The number of aromatic nitrogens is 1. The summed E-state index contributed by atoms with van der Waals surface area (Å²) in [5.74, 6) is -0.948. The molecule has 6 nitrogen and oxygen atoms in total. The highest BCUT2D eigenvalue weighted by atomic mass is 16.4. The van der Waals surface area contributed by atoms with Crippen LogP contribution < -0.4 is 11.1 Å². The summed E-state index contributed by atoms with van der Waals surface area (Å²) in [5, 5.41) is 12.2. The van der Waals surface area contributed by atoms with Crippen LogP contribution in [0, 0.1) is 11.8 Å². The fourth-order valence-electron chi connectivity index (χ4n) is 2.55. The molecule has 0 unspecified atom stereocenters. The minimum Gasteiger partial charge on any atom is -0.481 e. The van der Waals surface area contributed by atoms with Gasteiger partial charge in [0.05, 0.1) is 5.92 Å². The van der Waals surface area contributed by atoms with Crippen LogP contribution in [0.4, 0.5) is 5.69 Å². The molecule has 0 atom stereocenters. The zero-order chi connectivity index (χ0) is 14.5. The Bertz CT molecular complexity index is 496. The van der Waals surface area contributed by atoms with Crippen molar-refractivity contribution in [3.05, 3.63) is 24.0 Å². The van der Waals surface area contributed by atoms with E-state index in [-0.39, 0.29) is 11.6 Å². The van der Waals surface area contributed by atoms with Crippen molar-refractivity contribution in [3.63, 3.8) is 0 Å². The molecule has 1 heterocycles. The van der Waals surface area contributed by atoms with E-state index in [1.54, 1.807) is 18.3 Å². The number of hydrogen-bond acceptors (Lipinski definition) is 4. The van der Waals surface area contributed by atoms with E-state index in [2.05, 4.69) is 10.3 Å². The lowest BCUT2D eigenvalue weighted by Gasteiger charge is -2.26. The smallest absolute Gasteiger partial charge is 0.306 e. The Morgan fingerprint density at radius 2 is 2.05 bits per heavy atom. The van der Waals surface area contributed by atoms with Gasteiger partial charge in [-0.1, -0.05) is 0 Å². The van der Waals surface area contributed by atoms with Crippen LogP contribution in [0.15, 0.2) is 18.3 Å².